The van der Waals surface area contributed by atoms with Crippen molar-refractivity contribution < 1.29 is 27.9 Å². The predicted octanol–water partition coefficient (Wildman–Crippen LogP) is 3.22. The molecule has 0 atom stereocenters. The molecule has 8 heteroatoms. The van der Waals surface area contributed by atoms with Gasteiger partial charge in [-0.15, -0.1) is 0 Å². The lowest BCUT2D eigenvalue weighted by molar-refractivity contribution is -0.117. The standard InChI is InChI=1S/C22H13FN2O5/c23-14-2-4-15(5-3-14)25-21(27)18(20(26)24-25)10-16-6-8-19(30-16)12-1-7-17-13(9-12)11-29-22(17)28/h1-10H,11H2,(H,24,26)/b18-10-. The molecule has 2 amide bonds. The molecule has 1 aromatic heterocycles. The third-order valence-electron chi connectivity index (χ3n) is 4.86. The van der Waals surface area contributed by atoms with Crippen molar-refractivity contribution in [3.8, 4) is 11.3 Å². The number of benzene rings is 2. The number of rotatable bonds is 3. The number of esters is 1. The number of hydrogen-bond donors (Lipinski definition) is 1. The quantitative estimate of drug-likeness (QED) is 0.411. The summed E-state index contributed by atoms with van der Waals surface area (Å²) in [6.07, 6.45) is 1.35. The Morgan fingerprint density at radius 1 is 1.00 bits per heavy atom. The number of hydrogen-bond acceptors (Lipinski definition) is 5. The summed E-state index contributed by atoms with van der Waals surface area (Å²) in [5, 5.41) is 1.05. The summed E-state index contributed by atoms with van der Waals surface area (Å²) in [6, 6.07) is 13.8. The summed E-state index contributed by atoms with van der Waals surface area (Å²) < 4.78 is 23.9. The van der Waals surface area contributed by atoms with Crippen LogP contribution in [0.5, 0.6) is 0 Å². The molecule has 3 aromatic rings. The van der Waals surface area contributed by atoms with Gasteiger partial charge in [0.2, 0.25) is 0 Å². The second kappa shape index (κ2) is 6.70. The first kappa shape index (κ1) is 17.9. The van der Waals surface area contributed by atoms with E-state index in [0.29, 0.717) is 22.8 Å². The zero-order valence-electron chi connectivity index (χ0n) is 15.3. The van der Waals surface area contributed by atoms with Crippen molar-refractivity contribution in [2.45, 2.75) is 6.61 Å². The lowest BCUT2D eigenvalue weighted by Crippen LogP contribution is -2.35. The monoisotopic (exact) mass is 404 g/mol. The number of carbonyl (C=O) groups excluding carboxylic acids is 3. The van der Waals surface area contributed by atoms with E-state index in [0.717, 1.165) is 16.1 Å². The number of amides is 2. The predicted molar refractivity (Wildman–Crippen MR) is 103 cm³/mol. The van der Waals surface area contributed by atoms with Crippen LogP contribution in [0.1, 0.15) is 21.7 Å². The van der Waals surface area contributed by atoms with Crippen LogP contribution in [0.2, 0.25) is 0 Å². The number of furan rings is 1. The molecule has 0 saturated carbocycles. The Morgan fingerprint density at radius 2 is 1.80 bits per heavy atom. The van der Waals surface area contributed by atoms with Gasteiger partial charge >= 0.3 is 5.97 Å². The number of halogens is 1. The molecule has 0 bridgehead atoms. The van der Waals surface area contributed by atoms with Gasteiger partial charge in [0, 0.05) is 11.1 Å². The van der Waals surface area contributed by atoms with Gasteiger partial charge in [0.1, 0.15) is 29.5 Å². The summed E-state index contributed by atoms with van der Waals surface area (Å²) in [5.74, 6) is -1.12. The molecule has 30 heavy (non-hydrogen) atoms. The number of ether oxygens (including phenoxy) is 1. The fraction of sp³-hybridized carbons (Fsp3) is 0.0455. The third kappa shape index (κ3) is 2.95. The molecule has 0 radical (unpaired) electrons. The molecule has 7 nitrogen and oxygen atoms in total. The smallest absolute Gasteiger partial charge is 0.338 e. The molecule has 2 aliphatic rings. The van der Waals surface area contributed by atoms with Crippen LogP contribution in [0, 0.1) is 5.82 Å². The van der Waals surface area contributed by atoms with Crippen molar-refractivity contribution in [2.75, 3.05) is 5.01 Å². The van der Waals surface area contributed by atoms with Crippen LogP contribution >= 0.6 is 0 Å². The summed E-state index contributed by atoms with van der Waals surface area (Å²) in [4.78, 5) is 36.5. The van der Waals surface area contributed by atoms with Crippen molar-refractivity contribution in [3.05, 3.63) is 82.9 Å². The first-order chi connectivity index (χ1) is 14.5. The summed E-state index contributed by atoms with van der Waals surface area (Å²) >= 11 is 0. The molecule has 148 valence electrons. The van der Waals surface area contributed by atoms with E-state index in [1.165, 1.54) is 30.3 Å². The topological polar surface area (TPSA) is 88.9 Å². The van der Waals surface area contributed by atoms with Gasteiger partial charge in [-0.3, -0.25) is 15.0 Å². The highest BCUT2D eigenvalue weighted by Crippen LogP contribution is 2.29. The number of nitrogens with one attached hydrogen (secondary N) is 1. The van der Waals surface area contributed by atoms with Crippen LogP contribution in [0.15, 0.2) is 64.6 Å². The van der Waals surface area contributed by atoms with Crippen LogP contribution in [0.25, 0.3) is 17.4 Å². The minimum absolute atomic E-state index is 0.104. The van der Waals surface area contributed by atoms with Gasteiger partial charge in [-0.1, -0.05) is 6.07 Å². The lowest BCUT2D eigenvalue weighted by atomic mass is 10.0. The molecule has 0 aliphatic carbocycles. The molecule has 3 heterocycles. The molecule has 1 saturated heterocycles. The van der Waals surface area contributed by atoms with Gasteiger partial charge in [-0.05, 0) is 54.6 Å². The number of carbonyl (C=O) groups is 3. The number of anilines is 1. The van der Waals surface area contributed by atoms with E-state index in [4.69, 9.17) is 9.15 Å². The molecule has 1 N–H and O–H groups in total. The number of nitrogens with zero attached hydrogens (tertiary/aromatic N) is 1. The van der Waals surface area contributed by atoms with Crippen LogP contribution in [0.3, 0.4) is 0 Å². The molecule has 0 unspecified atom stereocenters. The van der Waals surface area contributed by atoms with Gasteiger partial charge in [0.05, 0.1) is 11.3 Å². The van der Waals surface area contributed by atoms with Crippen molar-refractivity contribution in [2.24, 2.45) is 0 Å². The van der Waals surface area contributed by atoms with Crippen molar-refractivity contribution in [3.63, 3.8) is 0 Å². The SMILES string of the molecule is O=C1NN(c2ccc(F)cc2)C(=O)/C1=C\c1ccc(-c2ccc3c(c2)COC3=O)o1. The summed E-state index contributed by atoms with van der Waals surface area (Å²) in [7, 11) is 0. The minimum Gasteiger partial charge on any atom is -0.457 e. The lowest BCUT2D eigenvalue weighted by Gasteiger charge is -2.14. The number of cyclic esters (lactones) is 1. The average Bonchev–Trinajstić information content (AvgIpc) is 3.43. The third-order valence-corrected chi connectivity index (χ3v) is 4.86. The Bertz CT molecular complexity index is 1240. The second-order valence-corrected chi connectivity index (χ2v) is 6.77. The van der Waals surface area contributed by atoms with E-state index in [9.17, 15) is 18.8 Å². The van der Waals surface area contributed by atoms with E-state index >= 15 is 0 Å². The van der Waals surface area contributed by atoms with Crippen LogP contribution < -0.4 is 10.4 Å². The maximum atomic E-state index is 13.1. The van der Waals surface area contributed by atoms with Crippen LogP contribution in [-0.4, -0.2) is 17.8 Å². The average molecular weight is 404 g/mol. The van der Waals surface area contributed by atoms with Crippen molar-refractivity contribution in [1.29, 1.82) is 0 Å². The Hall–Kier alpha value is -4.20. The Kier molecular flexibility index (Phi) is 3.99. The van der Waals surface area contributed by atoms with Gasteiger partial charge < -0.3 is 9.15 Å². The zero-order chi connectivity index (χ0) is 20.8. The number of hydrazine groups is 1. The number of fused-ring (bicyclic) bond motifs is 1. The maximum Gasteiger partial charge on any atom is 0.338 e. The summed E-state index contributed by atoms with van der Waals surface area (Å²) in [5.41, 5.74) is 4.73. The highest BCUT2D eigenvalue weighted by atomic mass is 19.1. The normalized spacial score (nSPS) is 16.8. The van der Waals surface area contributed by atoms with E-state index in [1.54, 1.807) is 30.3 Å². The Balaban J connectivity index is 1.41. The zero-order valence-corrected chi connectivity index (χ0v) is 15.3. The van der Waals surface area contributed by atoms with Crippen LogP contribution in [-0.2, 0) is 20.9 Å². The van der Waals surface area contributed by atoms with Crippen molar-refractivity contribution in [1.82, 2.24) is 5.43 Å². The molecule has 5 rings (SSSR count). The largest absolute Gasteiger partial charge is 0.457 e. The second-order valence-electron chi connectivity index (χ2n) is 6.77. The first-order valence-electron chi connectivity index (χ1n) is 9.02. The molecular weight excluding hydrogens is 391 g/mol. The van der Waals surface area contributed by atoms with E-state index in [-0.39, 0.29) is 18.1 Å². The molecule has 1 fully saturated rings. The Morgan fingerprint density at radius 3 is 2.60 bits per heavy atom. The van der Waals surface area contributed by atoms with Gasteiger partial charge in [0.25, 0.3) is 11.8 Å². The minimum atomic E-state index is -0.588. The fourth-order valence-electron chi connectivity index (χ4n) is 3.34. The molecule has 0 spiro atoms. The molecular formula is C22H13FN2O5. The fourth-order valence-corrected chi connectivity index (χ4v) is 3.34. The van der Waals surface area contributed by atoms with Crippen LogP contribution in [0.4, 0.5) is 10.1 Å². The van der Waals surface area contributed by atoms with Gasteiger partial charge in [-0.25, -0.2) is 14.2 Å². The first-order valence-corrected chi connectivity index (χ1v) is 9.02. The van der Waals surface area contributed by atoms with Gasteiger partial charge in [0.15, 0.2) is 0 Å². The molecule has 2 aliphatic heterocycles. The van der Waals surface area contributed by atoms with E-state index < -0.39 is 17.6 Å². The highest BCUT2D eigenvalue weighted by molar-refractivity contribution is 6.31. The van der Waals surface area contributed by atoms with E-state index in [2.05, 4.69) is 5.43 Å². The summed E-state index contributed by atoms with van der Waals surface area (Å²) in [6.45, 7) is 0.216. The highest BCUT2D eigenvalue weighted by Gasteiger charge is 2.34. The van der Waals surface area contributed by atoms with Crippen molar-refractivity contribution >= 4 is 29.5 Å². The Labute approximate surface area is 169 Å². The molecule has 2 aromatic carbocycles. The van der Waals surface area contributed by atoms with Gasteiger partial charge in [-0.2, -0.15) is 0 Å². The maximum absolute atomic E-state index is 13.1. The van der Waals surface area contributed by atoms with E-state index in [1.807, 2.05) is 0 Å².